The van der Waals surface area contributed by atoms with Gasteiger partial charge in [-0.15, -0.1) is 0 Å². The number of carbonyl (C=O) groups excluding carboxylic acids is 7. The van der Waals surface area contributed by atoms with Gasteiger partial charge < -0.3 is 38.2 Å². The summed E-state index contributed by atoms with van der Waals surface area (Å²) in [5, 5.41) is -0.306. The van der Waals surface area contributed by atoms with E-state index in [9.17, 15) is 33.6 Å². The predicted octanol–water partition coefficient (Wildman–Crippen LogP) is 13.0. The molecular weight excluding hydrogens is 977 g/mol. The van der Waals surface area contributed by atoms with Crippen molar-refractivity contribution in [2.75, 3.05) is 79.1 Å². The summed E-state index contributed by atoms with van der Waals surface area (Å²) in [6.45, 7) is 28.3. The Hall–Kier alpha value is -3.40. The molecular formula is C59H108N2O13S. The minimum Gasteiger partial charge on any atom is -0.466 e. The van der Waals surface area contributed by atoms with Crippen molar-refractivity contribution in [2.45, 2.75) is 225 Å². The van der Waals surface area contributed by atoms with Crippen molar-refractivity contribution >= 4 is 52.8 Å². The van der Waals surface area contributed by atoms with Crippen molar-refractivity contribution in [1.29, 1.82) is 0 Å². The molecule has 0 aliphatic rings. The fourth-order valence-electron chi connectivity index (χ4n) is 8.26. The smallest absolute Gasteiger partial charge is 0.307 e. The van der Waals surface area contributed by atoms with Crippen LogP contribution in [-0.4, -0.2) is 130 Å². The molecule has 0 heterocycles. The Morgan fingerprint density at radius 2 is 0.693 bits per heavy atom. The molecule has 1 amide bonds. The third-order valence-corrected chi connectivity index (χ3v) is 14.6. The van der Waals surface area contributed by atoms with Crippen LogP contribution >= 0.6 is 11.8 Å². The molecule has 0 N–H and O–H groups in total. The summed E-state index contributed by atoms with van der Waals surface area (Å²) in [5.41, 5.74) is -2.93. The lowest BCUT2D eigenvalue weighted by Gasteiger charge is -2.30. The monoisotopic (exact) mass is 1080 g/mol. The molecule has 0 radical (unpaired) electrons. The molecule has 0 fully saturated rings. The summed E-state index contributed by atoms with van der Waals surface area (Å²) in [6.07, 6.45) is 13.1. The Morgan fingerprint density at radius 3 is 1.01 bits per heavy atom. The maximum atomic E-state index is 13.7. The van der Waals surface area contributed by atoms with Gasteiger partial charge in [0, 0.05) is 24.3 Å². The molecule has 1 atom stereocenters. The fraction of sp³-hybridized carbons (Fsp3) is 0.881. The maximum absolute atomic E-state index is 13.7. The molecule has 438 valence electrons. The van der Waals surface area contributed by atoms with Gasteiger partial charge in [-0.05, 0) is 87.7 Å². The van der Waals surface area contributed by atoms with Crippen molar-refractivity contribution in [3.63, 3.8) is 0 Å². The molecule has 0 spiro atoms. The number of nitrogens with zero attached hydrogens (tertiary/aromatic N) is 2. The molecule has 1 unspecified atom stereocenters. The van der Waals surface area contributed by atoms with Gasteiger partial charge in [-0.1, -0.05) is 153 Å². The molecule has 0 aromatic rings. The third kappa shape index (κ3) is 37.1. The van der Waals surface area contributed by atoms with Crippen molar-refractivity contribution in [1.82, 2.24) is 9.80 Å². The lowest BCUT2D eigenvalue weighted by atomic mass is 9.84. The molecule has 0 bridgehead atoms. The van der Waals surface area contributed by atoms with Crippen LogP contribution in [0.3, 0.4) is 0 Å². The molecule has 0 saturated heterocycles. The number of esters is 6. The number of hydrogen-bond acceptors (Lipinski definition) is 15. The maximum Gasteiger partial charge on any atom is 0.307 e. The number of amides is 1. The van der Waals surface area contributed by atoms with Crippen LogP contribution in [0.15, 0.2) is 0 Å². The molecule has 0 aromatic carbocycles. The van der Waals surface area contributed by atoms with E-state index >= 15 is 0 Å². The molecule has 15 nitrogen and oxygen atoms in total. The van der Waals surface area contributed by atoms with Crippen molar-refractivity contribution in [3.05, 3.63) is 0 Å². The third-order valence-electron chi connectivity index (χ3n) is 13.6. The average molecular weight is 1090 g/mol. The highest BCUT2D eigenvalue weighted by molar-refractivity contribution is 8.13. The zero-order valence-corrected chi connectivity index (χ0v) is 51.1. The number of rotatable bonds is 43. The summed E-state index contributed by atoms with van der Waals surface area (Å²) < 4.78 is 34.6. The highest BCUT2D eigenvalue weighted by Gasteiger charge is 2.35. The normalized spacial score (nSPS) is 13.2. The van der Waals surface area contributed by atoms with Crippen LogP contribution in [0, 0.1) is 32.5 Å². The van der Waals surface area contributed by atoms with E-state index in [1.54, 1.807) is 6.92 Å². The molecule has 16 heteroatoms. The Labute approximate surface area is 459 Å². The van der Waals surface area contributed by atoms with Crippen LogP contribution in [-0.2, 0) is 57.2 Å². The number of thioether (sulfide) groups is 1. The minimum absolute atomic E-state index is 0.0393. The van der Waals surface area contributed by atoms with Crippen LogP contribution in [0.1, 0.15) is 225 Å². The van der Waals surface area contributed by atoms with Gasteiger partial charge in [-0.25, -0.2) is 0 Å². The van der Waals surface area contributed by atoms with Crippen molar-refractivity contribution < 1.29 is 62.0 Å². The molecule has 75 heavy (non-hydrogen) atoms. The summed E-state index contributed by atoms with van der Waals surface area (Å²) in [6, 6.07) is 0. The van der Waals surface area contributed by atoms with Crippen LogP contribution in [0.5, 0.6) is 0 Å². The topological polar surface area (TPSA) is 181 Å². The molecule has 0 aromatic heterocycles. The first-order valence-corrected chi connectivity index (χ1v) is 29.3. The van der Waals surface area contributed by atoms with E-state index in [-0.39, 0.29) is 148 Å². The van der Waals surface area contributed by atoms with Gasteiger partial charge in [-0.3, -0.25) is 33.6 Å². The Kier molecular flexibility index (Phi) is 35.0. The van der Waals surface area contributed by atoms with E-state index in [1.165, 1.54) is 4.90 Å². The second kappa shape index (κ2) is 36.6. The first-order chi connectivity index (χ1) is 34.8. The number of hydrogen-bond donors (Lipinski definition) is 0. The van der Waals surface area contributed by atoms with Crippen molar-refractivity contribution in [2.24, 2.45) is 32.5 Å². The minimum atomic E-state index is -1.06. The van der Waals surface area contributed by atoms with Gasteiger partial charge >= 0.3 is 35.8 Å². The van der Waals surface area contributed by atoms with E-state index in [4.69, 9.17) is 28.4 Å². The molecule has 0 aliphatic heterocycles. The number of carbonyl (C=O) groups is 7. The summed E-state index contributed by atoms with van der Waals surface area (Å²) in [5.74, 6) is -2.14. The van der Waals surface area contributed by atoms with E-state index in [0.29, 0.717) is 5.75 Å². The summed E-state index contributed by atoms with van der Waals surface area (Å²) in [7, 11) is 3.90. The second-order valence-electron chi connectivity index (χ2n) is 25.4. The first kappa shape index (κ1) is 71.6. The largest absolute Gasteiger partial charge is 0.466 e. The van der Waals surface area contributed by atoms with Crippen LogP contribution < -0.4 is 0 Å². The summed E-state index contributed by atoms with van der Waals surface area (Å²) >= 11 is 1.10. The second-order valence-corrected chi connectivity index (χ2v) is 26.5. The van der Waals surface area contributed by atoms with Crippen LogP contribution in [0.25, 0.3) is 0 Å². The highest BCUT2D eigenvalue weighted by Crippen LogP contribution is 2.33. The van der Waals surface area contributed by atoms with Gasteiger partial charge in [0.1, 0.15) is 33.0 Å². The zero-order valence-electron chi connectivity index (χ0n) is 50.3. The Balaban J connectivity index is 6.13. The predicted molar refractivity (Wildman–Crippen MR) is 300 cm³/mol. The Bertz CT molecular complexity index is 1660. The van der Waals surface area contributed by atoms with Crippen LogP contribution in [0.2, 0.25) is 0 Å². The van der Waals surface area contributed by atoms with E-state index in [2.05, 4.69) is 41.5 Å². The average Bonchev–Trinajstić information content (AvgIpc) is 3.31. The fourth-order valence-corrected chi connectivity index (χ4v) is 9.07. The molecule has 0 aliphatic carbocycles. The lowest BCUT2D eigenvalue weighted by Crippen LogP contribution is -2.38. The van der Waals surface area contributed by atoms with Gasteiger partial charge in [0.25, 0.3) is 5.24 Å². The molecule has 0 saturated carbocycles. The molecule has 0 rings (SSSR count). The SMILES string of the molecule is CCCCC(C)(C)CC(=O)OCCC(C)(COC(=O)CCN(CCC(=O)OCC(C)(COC(=O)CC(C)(C)CCCC)COC(=O)CC(C)(C)CCCC)C(=O)SCCCN(C)C)COC(=O)CC(C)(C)CCCC. The number of ether oxygens (including phenoxy) is 6. The van der Waals surface area contributed by atoms with Gasteiger partial charge in [0.2, 0.25) is 0 Å². The van der Waals surface area contributed by atoms with Gasteiger partial charge in [0.05, 0.1) is 50.5 Å². The van der Waals surface area contributed by atoms with E-state index in [1.807, 2.05) is 67.5 Å². The van der Waals surface area contributed by atoms with E-state index in [0.717, 1.165) is 102 Å². The van der Waals surface area contributed by atoms with Crippen LogP contribution in [0.4, 0.5) is 4.79 Å². The van der Waals surface area contributed by atoms with E-state index < -0.39 is 22.8 Å². The quantitative estimate of drug-likeness (QED) is 0.0319. The number of unbranched alkanes of at least 4 members (excludes halogenated alkanes) is 4. The summed E-state index contributed by atoms with van der Waals surface area (Å²) in [4.78, 5) is 96.3. The van der Waals surface area contributed by atoms with Gasteiger partial charge in [0.15, 0.2) is 0 Å². The van der Waals surface area contributed by atoms with Gasteiger partial charge in [-0.2, -0.15) is 0 Å². The zero-order chi connectivity index (χ0) is 57.4. The first-order valence-electron chi connectivity index (χ1n) is 28.3. The lowest BCUT2D eigenvalue weighted by molar-refractivity contribution is -0.162. The highest BCUT2D eigenvalue weighted by atomic mass is 32.2. The van der Waals surface area contributed by atoms with Crippen molar-refractivity contribution in [3.8, 4) is 0 Å². The standard InChI is InChI=1S/C59H108N2O13S/c1-17-21-28-54(5,6)38-49(64)69-36-32-58(13,43-72-50(65)39-55(7,8)29-22-18-2)42-70-47(62)26-34-61(53(68)75-37-25-33-60(15)16)35-27-48(63)71-44-59(14,45-73-51(66)40-56(9,10)30-23-19-3)46-74-52(67)41-57(11,12)31-24-20-4/h17-46H2,1-16H3. The Morgan fingerprint density at radius 1 is 0.387 bits per heavy atom.